The topological polar surface area (TPSA) is 41.9 Å². The summed E-state index contributed by atoms with van der Waals surface area (Å²) < 4.78 is 5.23. The van der Waals surface area contributed by atoms with Gasteiger partial charge in [0.1, 0.15) is 11.4 Å². The number of amidine groups is 1. The van der Waals surface area contributed by atoms with Crippen LogP contribution in [0.4, 0.5) is 5.69 Å². The van der Waals surface area contributed by atoms with Crippen molar-refractivity contribution in [3.05, 3.63) is 64.3 Å². The van der Waals surface area contributed by atoms with Crippen molar-refractivity contribution in [3.8, 4) is 5.75 Å². The fourth-order valence-corrected chi connectivity index (χ4v) is 4.28. The Labute approximate surface area is 181 Å². The molecule has 0 saturated heterocycles. The molecule has 0 aromatic heterocycles. The van der Waals surface area contributed by atoms with Crippen LogP contribution in [0.25, 0.3) is 6.08 Å². The Morgan fingerprint density at radius 3 is 2.55 bits per heavy atom. The lowest BCUT2D eigenvalue weighted by Gasteiger charge is -2.18. The van der Waals surface area contributed by atoms with E-state index in [0.29, 0.717) is 27.3 Å². The van der Waals surface area contributed by atoms with E-state index in [1.54, 1.807) is 35.9 Å². The number of benzene rings is 2. The summed E-state index contributed by atoms with van der Waals surface area (Å²) in [6, 6.07) is 13.5. The van der Waals surface area contributed by atoms with Gasteiger partial charge in [0, 0.05) is 5.75 Å². The summed E-state index contributed by atoms with van der Waals surface area (Å²) in [7, 11) is 1.57. The molecule has 2 aromatic rings. The number of amides is 1. The molecule has 4 nitrogen and oxygen atoms in total. The average Bonchev–Trinajstić information content (AvgIpc) is 3.03. The highest BCUT2D eigenvalue weighted by molar-refractivity contribution is 8.14. The van der Waals surface area contributed by atoms with Gasteiger partial charge in [-0.1, -0.05) is 67.9 Å². The van der Waals surface area contributed by atoms with Gasteiger partial charge in [-0.3, -0.25) is 9.69 Å². The van der Waals surface area contributed by atoms with Gasteiger partial charge in [-0.05, 0) is 48.2 Å². The average molecular weight is 429 g/mol. The molecule has 0 aliphatic carbocycles. The van der Waals surface area contributed by atoms with Crippen LogP contribution in [0.1, 0.15) is 37.8 Å². The van der Waals surface area contributed by atoms with Crippen molar-refractivity contribution >= 4 is 46.2 Å². The molecule has 0 N–H and O–H groups in total. The molecule has 0 bridgehead atoms. The smallest absolute Gasteiger partial charge is 0.283 e. The number of hydrogen-bond donors (Lipinski definition) is 0. The first-order valence-corrected chi connectivity index (χ1v) is 11.1. The Bertz CT molecular complexity index is 938. The minimum Gasteiger partial charge on any atom is -0.495 e. The van der Waals surface area contributed by atoms with Crippen LogP contribution in [0, 0.1) is 0 Å². The minimum atomic E-state index is -0.148. The summed E-state index contributed by atoms with van der Waals surface area (Å²) in [6.07, 6.45) is 4.98. The highest BCUT2D eigenvalue weighted by atomic mass is 35.5. The molecule has 1 heterocycles. The van der Waals surface area contributed by atoms with Crippen LogP contribution in [0.15, 0.2) is 53.2 Å². The predicted octanol–water partition coefficient (Wildman–Crippen LogP) is 6.19. The Morgan fingerprint density at radius 1 is 1.17 bits per heavy atom. The van der Waals surface area contributed by atoms with E-state index in [4.69, 9.17) is 16.3 Å². The zero-order valence-electron chi connectivity index (χ0n) is 16.9. The molecular formula is C23H25ClN2O2S. The zero-order chi connectivity index (χ0) is 20.8. The van der Waals surface area contributed by atoms with E-state index in [9.17, 15) is 4.79 Å². The quantitative estimate of drug-likeness (QED) is 0.390. The van der Waals surface area contributed by atoms with Crippen LogP contribution in [-0.2, 0) is 11.2 Å². The first-order chi connectivity index (χ1) is 14.1. The number of aliphatic imine (C=N–C) groups is 1. The summed E-state index contributed by atoms with van der Waals surface area (Å²) in [5.74, 6) is 1.33. The lowest BCUT2D eigenvalue weighted by molar-refractivity contribution is -0.113. The van der Waals surface area contributed by atoms with Crippen LogP contribution in [0.3, 0.4) is 0 Å². The van der Waals surface area contributed by atoms with Gasteiger partial charge in [-0.2, -0.15) is 0 Å². The molecule has 0 fully saturated rings. The predicted molar refractivity (Wildman–Crippen MR) is 124 cm³/mol. The van der Waals surface area contributed by atoms with E-state index in [-0.39, 0.29) is 5.91 Å². The van der Waals surface area contributed by atoms with Crippen molar-refractivity contribution in [1.29, 1.82) is 0 Å². The van der Waals surface area contributed by atoms with Crippen molar-refractivity contribution < 1.29 is 9.53 Å². The molecule has 1 amide bonds. The van der Waals surface area contributed by atoms with Gasteiger partial charge in [0.25, 0.3) is 5.91 Å². The fourth-order valence-electron chi connectivity index (χ4n) is 2.93. The van der Waals surface area contributed by atoms with E-state index >= 15 is 0 Å². The van der Waals surface area contributed by atoms with Crippen LogP contribution >= 0.6 is 23.4 Å². The van der Waals surface area contributed by atoms with Crippen LogP contribution < -0.4 is 9.64 Å². The summed E-state index contributed by atoms with van der Waals surface area (Å²) in [5, 5.41) is 1.14. The number of carbonyl (C=O) groups is 1. The number of unbranched alkanes of at least 4 members (excludes halogenated alkanes) is 1. The molecule has 0 radical (unpaired) electrons. The number of ether oxygens (including phenoxy) is 1. The minimum absolute atomic E-state index is 0.148. The molecule has 1 aliphatic heterocycles. The second-order valence-electron chi connectivity index (χ2n) is 6.68. The Kier molecular flexibility index (Phi) is 7.40. The number of nitrogens with zero attached hydrogens (tertiary/aromatic N) is 2. The Hall–Kier alpha value is -2.24. The highest BCUT2D eigenvalue weighted by Crippen LogP contribution is 2.34. The van der Waals surface area contributed by atoms with Crippen LogP contribution in [0.2, 0.25) is 5.02 Å². The van der Waals surface area contributed by atoms with Crippen LogP contribution in [0.5, 0.6) is 5.75 Å². The van der Waals surface area contributed by atoms with E-state index in [1.807, 2.05) is 24.3 Å². The number of anilines is 1. The molecule has 29 heavy (non-hydrogen) atoms. The van der Waals surface area contributed by atoms with Crippen molar-refractivity contribution in [1.82, 2.24) is 0 Å². The maximum atomic E-state index is 13.2. The zero-order valence-corrected chi connectivity index (χ0v) is 18.5. The SMILES string of the molecule is CCCCSC1=N/C(=C/c2ccc(CC)cc2)C(=O)N1c1ccc(OC)c(Cl)c1. The number of thioether (sulfide) groups is 1. The maximum Gasteiger partial charge on any atom is 0.283 e. The number of methoxy groups -OCH3 is 1. The third kappa shape index (κ3) is 5.03. The molecule has 1 aliphatic rings. The monoisotopic (exact) mass is 428 g/mol. The van der Waals surface area contributed by atoms with Gasteiger partial charge >= 0.3 is 0 Å². The van der Waals surface area contributed by atoms with Crippen molar-refractivity contribution in [2.45, 2.75) is 33.1 Å². The summed E-state index contributed by atoms with van der Waals surface area (Å²) in [6.45, 7) is 4.27. The highest BCUT2D eigenvalue weighted by Gasteiger charge is 2.32. The molecule has 6 heteroatoms. The van der Waals surface area contributed by atoms with Gasteiger partial charge in [0.15, 0.2) is 5.17 Å². The van der Waals surface area contributed by atoms with E-state index in [0.717, 1.165) is 30.6 Å². The first kappa shape index (κ1) is 21.5. The van der Waals surface area contributed by atoms with Crippen molar-refractivity contribution in [2.24, 2.45) is 4.99 Å². The lowest BCUT2D eigenvalue weighted by Crippen LogP contribution is -2.30. The molecule has 2 aromatic carbocycles. The van der Waals surface area contributed by atoms with Crippen molar-refractivity contribution in [3.63, 3.8) is 0 Å². The van der Waals surface area contributed by atoms with Gasteiger partial charge in [0.2, 0.25) is 0 Å². The number of rotatable bonds is 7. The fraction of sp³-hybridized carbons (Fsp3) is 0.304. The second kappa shape index (κ2) is 9.99. The van der Waals surface area contributed by atoms with Gasteiger partial charge < -0.3 is 4.74 Å². The van der Waals surface area contributed by atoms with Gasteiger partial charge in [-0.15, -0.1) is 0 Å². The molecule has 0 spiro atoms. The van der Waals surface area contributed by atoms with Crippen molar-refractivity contribution in [2.75, 3.05) is 17.8 Å². The third-order valence-corrected chi connectivity index (χ3v) is 5.96. The molecular weight excluding hydrogens is 404 g/mol. The van der Waals surface area contributed by atoms with Gasteiger partial charge in [0.05, 0.1) is 17.8 Å². The lowest BCUT2D eigenvalue weighted by atomic mass is 10.1. The number of hydrogen-bond acceptors (Lipinski definition) is 4. The molecule has 3 rings (SSSR count). The molecule has 152 valence electrons. The molecule has 0 atom stereocenters. The molecule has 0 saturated carbocycles. The standard InChI is InChI=1S/C23H25ClN2O2S/c1-4-6-13-29-23-25-20(14-17-9-7-16(5-2)8-10-17)22(27)26(23)18-11-12-21(28-3)19(24)15-18/h7-12,14-15H,4-6,13H2,1-3H3/b20-14+. The maximum absolute atomic E-state index is 13.2. The summed E-state index contributed by atoms with van der Waals surface area (Å²) >= 11 is 7.89. The molecule has 0 unspecified atom stereocenters. The largest absolute Gasteiger partial charge is 0.495 e. The third-order valence-electron chi connectivity index (χ3n) is 4.64. The number of aryl methyl sites for hydroxylation is 1. The number of halogens is 1. The first-order valence-electron chi connectivity index (χ1n) is 9.77. The van der Waals surface area contributed by atoms with E-state index < -0.39 is 0 Å². The Balaban J connectivity index is 1.94. The van der Waals surface area contributed by atoms with Gasteiger partial charge in [-0.25, -0.2) is 4.99 Å². The normalized spacial score (nSPS) is 15.2. The van der Waals surface area contributed by atoms with Crippen LogP contribution in [-0.4, -0.2) is 23.9 Å². The summed E-state index contributed by atoms with van der Waals surface area (Å²) in [5.41, 5.74) is 3.34. The summed E-state index contributed by atoms with van der Waals surface area (Å²) in [4.78, 5) is 19.5. The van der Waals surface area contributed by atoms with E-state index in [2.05, 4.69) is 31.0 Å². The Morgan fingerprint density at radius 2 is 1.93 bits per heavy atom. The second-order valence-corrected chi connectivity index (χ2v) is 8.15. The number of carbonyl (C=O) groups excluding carboxylic acids is 1. The van der Waals surface area contributed by atoms with E-state index in [1.165, 1.54) is 5.56 Å².